The van der Waals surface area contributed by atoms with Gasteiger partial charge >= 0.3 is 0 Å². The fourth-order valence-corrected chi connectivity index (χ4v) is 4.69. The van der Waals surface area contributed by atoms with E-state index in [2.05, 4.69) is 41.7 Å². The van der Waals surface area contributed by atoms with E-state index in [1.165, 1.54) is 48.8 Å². The highest BCUT2D eigenvalue weighted by atomic mass is 16.3. The molecule has 1 aliphatic carbocycles. The maximum atomic E-state index is 12.4. The standard InChI is InChI=1S/C27H31NO2/c29-25-12-11-23-16-22(15-20-7-3-1-4-8-20)17-24(26(23)19-25)13-14-28-27(30)18-21-9-5-2-6-10-21/h1,3-4,7-8,11-12,16-17,19,21,29H,2,5-6,9-10,13-15,18H2,(H,28,30). The van der Waals surface area contributed by atoms with Gasteiger partial charge in [0.05, 0.1) is 0 Å². The minimum absolute atomic E-state index is 0.175. The highest BCUT2D eigenvalue weighted by molar-refractivity contribution is 5.88. The van der Waals surface area contributed by atoms with Crippen LogP contribution in [0.15, 0.2) is 60.7 Å². The Bertz CT molecular complexity index is 990. The van der Waals surface area contributed by atoms with E-state index < -0.39 is 0 Å². The Hall–Kier alpha value is -2.81. The van der Waals surface area contributed by atoms with Crippen LogP contribution in [0.3, 0.4) is 0 Å². The van der Waals surface area contributed by atoms with Crippen LogP contribution in [-0.4, -0.2) is 17.6 Å². The van der Waals surface area contributed by atoms with Gasteiger partial charge < -0.3 is 10.4 Å². The van der Waals surface area contributed by atoms with Gasteiger partial charge in [-0.3, -0.25) is 4.79 Å². The summed E-state index contributed by atoms with van der Waals surface area (Å²) in [6.45, 7) is 0.630. The van der Waals surface area contributed by atoms with Crippen LogP contribution in [0.4, 0.5) is 0 Å². The number of hydrogen-bond acceptors (Lipinski definition) is 2. The molecule has 3 aromatic carbocycles. The van der Waals surface area contributed by atoms with Gasteiger partial charge in [-0.15, -0.1) is 0 Å². The van der Waals surface area contributed by atoms with E-state index in [0.717, 1.165) is 23.6 Å². The number of nitrogens with one attached hydrogen (secondary N) is 1. The Morgan fingerprint density at radius 3 is 2.53 bits per heavy atom. The lowest BCUT2D eigenvalue weighted by atomic mass is 9.87. The van der Waals surface area contributed by atoms with Gasteiger partial charge in [0.1, 0.15) is 5.75 Å². The molecule has 0 atom stereocenters. The molecular weight excluding hydrogens is 370 g/mol. The summed E-state index contributed by atoms with van der Waals surface area (Å²) in [5.41, 5.74) is 3.71. The van der Waals surface area contributed by atoms with Crippen molar-refractivity contribution in [1.82, 2.24) is 5.32 Å². The zero-order valence-corrected chi connectivity index (χ0v) is 17.6. The summed E-state index contributed by atoms with van der Waals surface area (Å²) in [5.74, 6) is 1.01. The molecule has 3 heteroatoms. The number of phenols is 1. The van der Waals surface area contributed by atoms with E-state index in [9.17, 15) is 9.90 Å². The van der Waals surface area contributed by atoms with Crippen LogP contribution in [0.25, 0.3) is 10.8 Å². The predicted molar refractivity (Wildman–Crippen MR) is 123 cm³/mol. The number of amides is 1. The Morgan fingerprint density at radius 1 is 0.933 bits per heavy atom. The molecule has 4 rings (SSSR count). The van der Waals surface area contributed by atoms with Gasteiger partial charge in [0.2, 0.25) is 5.91 Å². The molecule has 0 heterocycles. The van der Waals surface area contributed by atoms with Crippen molar-refractivity contribution < 1.29 is 9.90 Å². The van der Waals surface area contributed by atoms with Crippen LogP contribution in [0.1, 0.15) is 55.2 Å². The molecule has 30 heavy (non-hydrogen) atoms. The van der Waals surface area contributed by atoms with Crippen molar-refractivity contribution in [2.75, 3.05) is 6.54 Å². The first-order valence-electron chi connectivity index (χ1n) is 11.2. The van der Waals surface area contributed by atoms with Crippen LogP contribution in [0, 0.1) is 5.92 Å². The molecule has 0 bridgehead atoms. The Labute approximate surface area is 179 Å². The minimum atomic E-state index is 0.175. The van der Waals surface area contributed by atoms with Gasteiger partial charge in [0.15, 0.2) is 0 Å². The van der Waals surface area contributed by atoms with E-state index in [0.29, 0.717) is 18.9 Å². The van der Waals surface area contributed by atoms with E-state index >= 15 is 0 Å². The van der Waals surface area contributed by atoms with Crippen molar-refractivity contribution in [3.05, 3.63) is 77.4 Å². The first kappa shape index (κ1) is 20.5. The fourth-order valence-electron chi connectivity index (χ4n) is 4.69. The summed E-state index contributed by atoms with van der Waals surface area (Å²) in [6, 6.07) is 20.4. The third kappa shape index (κ3) is 5.41. The number of phenolic OH excluding ortho intramolecular Hbond substituents is 1. The fraction of sp³-hybridized carbons (Fsp3) is 0.370. The van der Waals surface area contributed by atoms with Gasteiger partial charge in [-0.25, -0.2) is 0 Å². The largest absolute Gasteiger partial charge is 0.508 e. The number of carbonyl (C=O) groups excluding carboxylic acids is 1. The second-order valence-electron chi connectivity index (χ2n) is 8.63. The van der Waals surface area contributed by atoms with Crippen LogP contribution >= 0.6 is 0 Å². The summed E-state index contributed by atoms with van der Waals surface area (Å²) in [6.07, 6.45) is 8.53. The summed E-state index contributed by atoms with van der Waals surface area (Å²) in [7, 11) is 0. The average molecular weight is 402 g/mol. The Balaban J connectivity index is 1.45. The highest BCUT2D eigenvalue weighted by Crippen LogP contribution is 2.28. The molecule has 1 saturated carbocycles. The summed E-state index contributed by atoms with van der Waals surface area (Å²) >= 11 is 0. The maximum Gasteiger partial charge on any atom is 0.220 e. The Kier molecular flexibility index (Phi) is 6.68. The van der Waals surface area contributed by atoms with E-state index in [4.69, 9.17) is 0 Å². The summed E-state index contributed by atoms with van der Waals surface area (Å²) in [5, 5.41) is 15.3. The van der Waals surface area contributed by atoms with E-state index in [-0.39, 0.29) is 11.7 Å². The molecule has 0 aliphatic heterocycles. The quantitative estimate of drug-likeness (QED) is 0.528. The molecule has 156 valence electrons. The molecule has 0 aromatic heterocycles. The minimum Gasteiger partial charge on any atom is -0.508 e. The van der Waals surface area contributed by atoms with Crippen molar-refractivity contribution >= 4 is 16.7 Å². The molecule has 3 nitrogen and oxygen atoms in total. The van der Waals surface area contributed by atoms with Gasteiger partial charge in [-0.1, -0.05) is 67.8 Å². The number of aromatic hydroxyl groups is 1. The van der Waals surface area contributed by atoms with Crippen LogP contribution < -0.4 is 5.32 Å². The van der Waals surface area contributed by atoms with E-state index in [1.54, 1.807) is 6.07 Å². The first-order valence-corrected chi connectivity index (χ1v) is 11.2. The van der Waals surface area contributed by atoms with Gasteiger partial charge in [0, 0.05) is 13.0 Å². The summed E-state index contributed by atoms with van der Waals surface area (Å²) in [4.78, 5) is 12.4. The molecule has 3 aromatic rings. The highest BCUT2D eigenvalue weighted by Gasteiger charge is 2.16. The zero-order chi connectivity index (χ0) is 20.8. The number of benzene rings is 3. The van der Waals surface area contributed by atoms with E-state index in [1.807, 2.05) is 18.2 Å². The lowest BCUT2D eigenvalue weighted by Crippen LogP contribution is -2.28. The second kappa shape index (κ2) is 9.80. The lowest BCUT2D eigenvalue weighted by molar-refractivity contribution is -0.122. The van der Waals surface area contributed by atoms with Gasteiger partial charge in [-0.05, 0) is 71.2 Å². The third-order valence-corrected chi connectivity index (χ3v) is 6.25. The molecule has 0 saturated heterocycles. The predicted octanol–water partition coefficient (Wildman–Crippen LogP) is 5.77. The van der Waals surface area contributed by atoms with Crippen molar-refractivity contribution in [3.8, 4) is 5.75 Å². The molecule has 0 radical (unpaired) electrons. The monoisotopic (exact) mass is 401 g/mol. The molecule has 1 fully saturated rings. The lowest BCUT2D eigenvalue weighted by Gasteiger charge is -2.20. The Morgan fingerprint density at radius 2 is 1.73 bits per heavy atom. The maximum absolute atomic E-state index is 12.4. The van der Waals surface area contributed by atoms with Crippen molar-refractivity contribution in [2.24, 2.45) is 5.92 Å². The number of carbonyl (C=O) groups is 1. The average Bonchev–Trinajstić information content (AvgIpc) is 2.75. The third-order valence-electron chi connectivity index (χ3n) is 6.25. The van der Waals surface area contributed by atoms with Crippen molar-refractivity contribution in [3.63, 3.8) is 0 Å². The van der Waals surface area contributed by atoms with Crippen molar-refractivity contribution in [2.45, 2.75) is 51.4 Å². The van der Waals surface area contributed by atoms with Crippen LogP contribution in [-0.2, 0) is 17.6 Å². The first-order chi connectivity index (χ1) is 14.7. The molecule has 2 N–H and O–H groups in total. The number of rotatable bonds is 7. The zero-order valence-electron chi connectivity index (χ0n) is 17.6. The molecule has 0 spiro atoms. The van der Waals surface area contributed by atoms with Gasteiger partial charge in [0.25, 0.3) is 0 Å². The topological polar surface area (TPSA) is 49.3 Å². The molecule has 1 amide bonds. The molecular formula is C27H31NO2. The second-order valence-corrected chi connectivity index (χ2v) is 8.63. The summed E-state index contributed by atoms with van der Waals surface area (Å²) < 4.78 is 0. The number of fused-ring (bicyclic) bond motifs is 1. The molecule has 0 unspecified atom stereocenters. The van der Waals surface area contributed by atoms with Crippen LogP contribution in [0.5, 0.6) is 5.75 Å². The molecule has 1 aliphatic rings. The smallest absolute Gasteiger partial charge is 0.220 e. The van der Waals surface area contributed by atoms with Crippen molar-refractivity contribution in [1.29, 1.82) is 0 Å². The van der Waals surface area contributed by atoms with Gasteiger partial charge in [-0.2, -0.15) is 0 Å². The van der Waals surface area contributed by atoms with Crippen LogP contribution in [0.2, 0.25) is 0 Å². The SMILES string of the molecule is O=C(CC1CCCCC1)NCCc1cc(Cc2ccccc2)cc2ccc(O)cc12. The normalized spacial score (nSPS) is 14.7. The number of hydrogen-bond donors (Lipinski definition) is 2.